The standard InChI is InChI=1S/C18H24N2O6/c1-17(2,3)26-16(24)19-7-4-18(5-8-19)6-9-20(15(18)23)13-11-25-14(22)12(13)10-21/h10H,4-9,11H2,1-3H3. The van der Waals surface area contributed by atoms with Crippen molar-refractivity contribution < 1.29 is 28.7 Å². The Morgan fingerprint density at radius 2 is 1.77 bits per heavy atom. The molecule has 2 fully saturated rings. The predicted molar refractivity (Wildman–Crippen MR) is 89.9 cm³/mol. The van der Waals surface area contributed by atoms with Crippen molar-refractivity contribution in [1.29, 1.82) is 0 Å². The molecule has 3 aliphatic heterocycles. The lowest BCUT2D eigenvalue weighted by atomic mass is 9.77. The lowest BCUT2D eigenvalue weighted by Crippen LogP contribution is -2.47. The number of nitrogens with zero attached hydrogens (tertiary/aromatic N) is 2. The van der Waals surface area contributed by atoms with E-state index in [0.29, 0.717) is 50.9 Å². The molecule has 8 nitrogen and oxygen atoms in total. The molecule has 3 aliphatic rings. The zero-order valence-electron chi connectivity index (χ0n) is 15.4. The van der Waals surface area contributed by atoms with Crippen molar-refractivity contribution in [2.45, 2.75) is 45.6 Å². The molecule has 0 atom stereocenters. The minimum atomic E-state index is -0.677. The van der Waals surface area contributed by atoms with Gasteiger partial charge in [-0.3, -0.25) is 9.59 Å². The summed E-state index contributed by atoms with van der Waals surface area (Å²) in [6.45, 7) is 6.76. The van der Waals surface area contributed by atoms with Gasteiger partial charge in [-0.15, -0.1) is 0 Å². The van der Waals surface area contributed by atoms with Crippen molar-refractivity contribution >= 4 is 24.3 Å². The average molecular weight is 364 g/mol. The van der Waals surface area contributed by atoms with Crippen LogP contribution in [0.15, 0.2) is 11.3 Å². The van der Waals surface area contributed by atoms with Crippen LogP contribution in [0.4, 0.5) is 4.79 Å². The van der Waals surface area contributed by atoms with Crippen LogP contribution in [0.3, 0.4) is 0 Å². The van der Waals surface area contributed by atoms with E-state index in [0.717, 1.165) is 0 Å². The zero-order valence-corrected chi connectivity index (χ0v) is 15.4. The quantitative estimate of drug-likeness (QED) is 0.416. The van der Waals surface area contributed by atoms with Gasteiger partial charge < -0.3 is 19.3 Å². The molecule has 142 valence electrons. The molecular weight excluding hydrogens is 340 g/mol. The lowest BCUT2D eigenvalue weighted by molar-refractivity contribution is -0.138. The van der Waals surface area contributed by atoms with Crippen molar-refractivity contribution in [2.75, 3.05) is 26.2 Å². The average Bonchev–Trinajstić information content (AvgIpc) is 3.07. The van der Waals surface area contributed by atoms with Crippen molar-refractivity contribution in [3.63, 3.8) is 0 Å². The van der Waals surface area contributed by atoms with Crippen LogP contribution in [0.2, 0.25) is 0 Å². The number of amides is 2. The highest BCUT2D eigenvalue weighted by Crippen LogP contribution is 2.43. The van der Waals surface area contributed by atoms with E-state index in [9.17, 15) is 19.2 Å². The molecule has 0 aliphatic carbocycles. The van der Waals surface area contributed by atoms with Crippen LogP contribution >= 0.6 is 0 Å². The van der Waals surface area contributed by atoms with Gasteiger partial charge in [0.05, 0.1) is 11.1 Å². The topological polar surface area (TPSA) is 93.2 Å². The minimum absolute atomic E-state index is 0.0429. The second-order valence-corrected chi connectivity index (χ2v) is 8.01. The van der Waals surface area contributed by atoms with Gasteiger partial charge >= 0.3 is 12.1 Å². The second-order valence-electron chi connectivity index (χ2n) is 8.01. The van der Waals surface area contributed by atoms with E-state index in [4.69, 9.17) is 9.47 Å². The summed E-state index contributed by atoms with van der Waals surface area (Å²) in [5.74, 6) is -0.766. The summed E-state index contributed by atoms with van der Waals surface area (Å²) in [6, 6.07) is 0. The summed E-state index contributed by atoms with van der Waals surface area (Å²) in [5.41, 5.74) is -0.813. The maximum absolute atomic E-state index is 13.0. The van der Waals surface area contributed by atoms with Crippen LogP contribution < -0.4 is 0 Å². The van der Waals surface area contributed by atoms with Gasteiger partial charge in [0.15, 0.2) is 6.29 Å². The van der Waals surface area contributed by atoms with Gasteiger partial charge in [-0.2, -0.15) is 0 Å². The van der Waals surface area contributed by atoms with E-state index in [-0.39, 0.29) is 24.2 Å². The molecule has 3 rings (SSSR count). The molecule has 26 heavy (non-hydrogen) atoms. The molecule has 0 radical (unpaired) electrons. The van der Waals surface area contributed by atoms with Gasteiger partial charge in [-0.05, 0) is 40.0 Å². The first-order chi connectivity index (χ1) is 12.2. The van der Waals surface area contributed by atoms with Crippen molar-refractivity contribution in [1.82, 2.24) is 9.80 Å². The van der Waals surface area contributed by atoms with Crippen LogP contribution in [-0.4, -0.2) is 65.9 Å². The van der Waals surface area contributed by atoms with E-state index < -0.39 is 17.0 Å². The Bertz CT molecular complexity index is 682. The summed E-state index contributed by atoms with van der Waals surface area (Å²) in [4.78, 5) is 51.1. The highest BCUT2D eigenvalue weighted by molar-refractivity contribution is 6.10. The van der Waals surface area contributed by atoms with Crippen molar-refractivity contribution in [2.24, 2.45) is 5.41 Å². The van der Waals surface area contributed by atoms with Gasteiger partial charge in [0.25, 0.3) is 0 Å². The molecule has 0 aromatic heterocycles. The highest BCUT2D eigenvalue weighted by Gasteiger charge is 2.51. The summed E-state index contributed by atoms with van der Waals surface area (Å²) >= 11 is 0. The molecule has 0 N–H and O–H groups in total. The van der Waals surface area contributed by atoms with E-state index in [2.05, 4.69) is 0 Å². The number of hydrogen-bond acceptors (Lipinski definition) is 6. The van der Waals surface area contributed by atoms with Crippen molar-refractivity contribution in [3.8, 4) is 0 Å². The second kappa shape index (κ2) is 6.41. The maximum Gasteiger partial charge on any atom is 0.410 e. The van der Waals surface area contributed by atoms with E-state index in [1.54, 1.807) is 4.90 Å². The van der Waals surface area contributed by atoms with Gasteiger partial charge in [-0.1, -0.05) is 0 Å². The van der Waals surface area contributed by atoms with Crippen LogP contribution in [0.5, 0.6) is 0 Å². The molecule has 0 saturated carbocycles. The molecule has 8 heteroatoms. The fraction of sp³-hybridized carbons (Fsp3) is 0.667. The third-order valence-electron chi connectivity index (χ3n) is 5.20. The minimum Gasteiger partial charge on any atom is -0.455 e. The monoisotopic (exact) mass is 364 g/mol. The number of carbonyl (C=O) groups excluding carboxylic acids is 4. The van der Waals surface area contributed by atoms with Gasteiger partial charge in [-0.25, -0.2) is 9.59 Å². The van der Waals surface area contributed by atoms with E-state index >= 15 is 0 Å². The van der Waals surface area contributed by atoms with Gasteiger partial charge in [0, 0.05) is 19.6 Å². The Kier molecular flexibility index (Phi) is 4.54. The number of rotatable bonds is 2. The summed E-state index contributed by atoms with van der Waals surface area (Å²) in [7, 11) is 0. The molecule has 0 aromatic carbocycles. The van der Waals surface area contributed by atoms with Crippen molar-refractivity contribution in [3.05, 3.63) is 11.3 Å². The van der Waals surface area contributed by atoms with E-state index in [1.807, 2.05) is 20.8 Å². The largest absolute Gasteiger partial charge is 0.455 e. The number of cyclic esters (lactones) is 1. The first kappa shape index (κ1) is 18.4. The van der Waals surface area contributed by atoms with Crippen LogP contribution in [0.25, 0.3) is 0 Å². The number of esters is 1. The highest BCUT2D eigenvalue weighted by atomic mass is 16.6. The fourth-order valence-electron chi connectivity index (χ4n) is 3.73. The normalized spacial score (nSPS) is 22.9. The maximum atomic E-state index is 13.0. The molecule has 0 bridgehead atoms. The molecular formula is C18H24N2O6. The fourth-order valence-corrected chi connectivity index (χ4v) is 3.73. The lowest BCUT2D eigenvalue weighted by Gasteiger charge is -2.38. The van der Waals surface area contributed by atoms with E-state index in [1.165, 1.54) is 4.90 Å². The molecule has 3 heterocycles. The number of ether oxygens (including phenoxy) is 2. The van der Waals surface area contributed by atoms with Crippen LogP contribution in [-0.2, 0) is 23.9 Å². The molecule has 2 amide bonds. The number of carbonyl (C=O) groups is 4. The number of hydrogen-bond donors (Lipinski definition) is 0. The van der Waals surface area contributed by atoms with Crippen LogP contribution in [0, 0.1) is 5.41 Å². The first-order valence-corrected chi connectivity index (χ1v) is 8.82. The Hall–Kier alpha value is -2.38. The van der Waals surface area contributed by atoms with Gasteiger partial charge in [0.2, 0.25) is 5.91 Å². The van der Waals surface area contributed by atoms with Crippen LogP contribution in [0.1, 0.15) is 40.0 Å². The zero-order chi connectivity index (χ0) is 19.1. The summed E-state index contributed by atoms with van der Waals surface area (Å²) < 4.78 is 10.3. The Balaban J connectivity index is 1.68. The summed E-state index contributed by atoms with van der Waals surface area (Å²) in [5, 5.41) is 0. The number of likely N-dealkylation sites (tertiary alicyclic amines) is 2. The molecule has 2 saturated heterocycles. The first-order valence-electron chi connectivity index (χ1n) is 8.82. The Morgan fingerprint density at radius 1 is 1.15 bits per heavy atom. The third kappa shape index (κ3) is 3.20. The number of piperidine rings is 1. The molecule has 0 aromatic rings. The third-order valence-corrected chi connectivity index (χ3v) is 5.20. The van der Waals surface area contributed by atoms with Gasteiger partial charge in [0.1, 0.15) is 17.8 Å². The Labute approximate surface area is 152 Å². The Morgan fingerprint density at radius 3 is 2.35 bits per heavy atom. The summed E-state index contributed by atoms with van der Waals surface area (Å²) in [6.07, 6.45) is 1.81. The predicted octanol–water partition coefficient (Wildman–Crippen LogP) is 1.25. The molecule has 1 spiro atoms. The number of aldehydes is 1. The molecule has 0 unspecified atom stereocenters. The SMILES string of the molecule is CC(C)(C)OC(=O)N1CCC2(CC1)CCN(C1=C(C=O)C(=O)OC1)C2=O. The smallest absolute Gasteiger partial charge is 0.410 e.